The van der Waals surface area contributed by atoms with E-state index in [0.717, 1.165) is 12.1 Å². The first kappa shape index (κ1) is 22.6. The smallest absolute Gasteiger partial charge is 0.416 e. The molecule has 0 unspecified atom stereocenters. The van der Waals surface area contributed by atoms with Gasteiger partial charge < -0.3 is 15.4 Å². The van der Waals surface area contributed by atoms with E-state index >= 15 is 0 Å². The number of aromatic amines is 2. The number of amides is 2. The van der Waals surface area contributed by atoms with E-state index in [1.54, 1.807) is 0 Å². The van der Waals surface area contributed by atoms with Gasteiger partial charge in [-0.3, -0.25) is 19.3 Å². The molecule has 0 saturated carbocycles. The van der Waals surface area contributed by atoms with Gasteiger partial charge >= 0.3 is 6.18 Å². The number of aromatic nitrogens is 6. The van der Waals surface area contributed by atoms with E-state index in [4.69, 9.17) is 9.90 Å². The number of rotatable bonds is 3. The monoisotopic (exact) mass is 454 g/mol. The summed E-state index contributed by atoms with van der Waals surface area (Å²) in [4.78, 5) is 41.8. The second-order valence-electron chi connectivity index (χ2n) is 6.66. The van der Waals surface area contributed by atoms with Crippen molar-refractivity contribution in [3.8, 4) is 0 Å². The van der Waals surface area contributed by atoms with Crippen LogP contribution in [0.3, 0.4) is 0 Å². The molecule has 0 bridgehead atoms. The first-order chi connectivity index (χ1) is 15.3. The molecule has 32 heavy (non-hydrogen) atoms. The highest BCUT2D eigenvalue weighted by atomic mass is 19.4. The average molecular weight is 454 g/mol. The third-order valence-corrected chi connectivity index (χ3v) is 4.69. The van der Waals surface area contributed by atoms with Crippen molar-refractivity contribution in [3.05, 3.63) is 29.6 Å². The number of halogens is 3. The summed E-state index contributed by atoms with van der Waals surface area (Å²) < 4.78 is 39.6. The van der Waals surface area contributed by atoms with Gasteiger partial charge in [0.05, 0.1) is 28.5 Å². The second-order valence-corrected chi connectivity index (χ2v) is 6.66. The Bertz CT molecular complexity index is 1100. The van der Waals surface area contributed by atoms with Gasteiger partial charge in [0, 0.05) is 6.54 Å². The number of fused-ring (bicyclic) bond motifs is 1. The number of nitrogens with zero attached hydrogens (tertiary/aromatic N) is 5. The second kappa shape index (κ2) is 9.40. The fourth-order valence-corrected chi connectivity index (χ4v) is 3.28. The maximum absolute atomic E-state index is 13.2. The zero-order valence-electron chi connectivity index (χ0n) is 16.3. The molecule has 170 valence electrons. The van der Waals surface area contributed by atoms with Crippen LogP contribution in [0.15, 0.2) is 18.5 Å². The number of benzene rings is 1. The Morgan fingerprint density at radius 3 is 2.72 bits per heavy atom. The van der Waals surface area contributed by atoms with Gasteiger partial charge in [-0.05, 0) is 41.8 Å². The molecule has 1 aromatic carbocycles. The van der Waals surface area contributed by atoms with Crippen molar-refractivity contribution in [1.29, 1.82) is 0 Å². The summed E-state index contributed by atoms with van der Waals surface area (Å²) in [7, 11) is 0. The van der Waals surface area contributed by atoms with Crippen LogP contribution in [0.2, 0.25) is 0 Å². The number of H-pyrrole nitrogens is 2. The molecule has 1 aliphatic rings. The molecule has 1 atom stereocenters. The first-order valence-corrected chi connectivity index (χ1v) is 9.24. The molecule has 2 aromatic heterocycles. The molecule has 3 aromatic rings. The van der Waals surface area contributed by atoms with Crippen molar-refractivity contribution < 1.29 is 32.7 Å². The maximum atomic E-state index is 13.2. The Labute approximate surface area is 177 Å². The van der Waals surface area contributed by atoms with Crippen LogP contribution in [-0.4, -0.2) is 66.6 Å². The highest BCUT2D eigenvalue weighted by Gasteiger charge is 2.34. The number of nitrogens with one attached hydrogen (secondary N) is 3. The summed E-state index contributed by atoms with van der Waals surface area (Å²) in [6.07, 6.45) is -1.80. The summed E-state index contributed by atoms with van der Waals surface area (Å²) >= 11 is 0. The number of carbonyl (C=O) groups excluding carboxylic acids is 2. The number of hydrogen-bond donors (Lipinski definition) is 4. The Morgan fingerprint density at radius 2 is 2.06 bits per heavy atom. The highest BCUT2D eigenvalue weighted by Crippen LogP contribution is 2.32. The standard InChI is InChI=1S/C16H15F3N8O2.CH2O2/c17-16(18,19)8-5-9(12-11(6-8)20-7-21-12)13(28)22-10-3-1-2-4-27(14(10)29)15-23-25-26-24-15;2-1-3/h5-7,10H,1-4H2,(H,20,21)(H,22,28)(H,23,24,25,26);1H,(H,2,3)/t10-;/m0./s1. The lowest BCUT2D eigenvalue weighted by molar-refractivity contribution is -0.137. The molecular formula is C17H17F3N8O4. The molecule has 4 N–H and O–H groups in total. The quantitative estimate of drug-likeness (QED) is 0.427. The third-order valence-electron chi connectivity index (χ3n) is 4.69. The van der Waals surface area contributed by atoms with Crippen LogP contribution >= 0.6 is 0 Å². The Hall–Kier alpha value is -4.04. The number of alkyl halides is 3. The van der Waals surface area contributed by atoms with Crippen molar-refractivity contribution in [2.24, 2.45) is 0 Å². The minimum absolute atomic E-state index is 0.00605. The Balaban J connectivity index is 0.000000913. The molecule has 12 nitrogen and oxygen atoms in total. The van der Waals surface area contributed by atoms with E-state index in [0.29, 0.717) is 25.8 Å². The number of imidazole rings is 1. The van der Waals surface area contributed by atoms with Crippen LogP contribution in [0.4, 0.5) is 19.1 Å². The number of carboxylic acid groups (broad SMARTS) is 1. The topological polar surface area (TPSA) is 170 Å². The lowest BCUT2D eigenvalue weighted by Gasteiger charge is -2.22. The van der Waals surface area contributed by atoms with Gasteiger partial charge in [-0.25, -0.2) is 10.1 Å². The Morgan fingerprint density at radius 1 is 1.31 bits per heavy atom. The van der Waals surface area contributed by atoms with Crippen LogP contribution in [-0.2, 0) is 15.8 Å². The van der Waals surface area contributed by atoms with E-state index < -0.39 is 29.6 Å². The SMILES string of the molecule is O=C(N[C@H]1CCCCN(c2nnn[nH]2)C1=O)c1cc(C(F)(F)F)cc2nc[nH]c12.O=CO. The van der Waals surface area contributed by atoms with E-state index in [-0.39, 0.29) is 29.0 Å². The third kappa shape index (κ3) is 4.81. The van der Waals surface area contributed by atoms with Gasteiger partial charge in [0.1, 0.15) is 6.04 Å². The first-order valence-electron chi connectivity index (χ1n) is 9.24. The van der Waals surface area contributed by atoms with E-state index in [1.165, 1.54) is 11.2 Å². The van der Waals surface area contributed by atoms with Crippen LogP contribution in [0.5, 0.6) is 0 Å². The molecule has 2 amide bonds. The van der Waals surface area contributed by atoms with Gasteiger partial charge in [-0.1, -0.05) is 5.10 Å². The summed E-state index contributed by atoms with van der Waals surface area (Å²) in [6.45, 7) is 0.108. The highest BCUT2D eigenvalue weighted by molar-refractivity contribution is 6.07. The van der Waals surface area contributed by atoms with Crippen molar-refractivity contribution in [1.82, 2.24) is 35.9 Å². The predicted molar refractivity (Wildman–Crippen MR) is 101 cm³/mol. The van der Waals surface area contributed by atoms with Crippen molar-refractivity contribution in [2.45, 2.75) is 31.5 Å². The van der Waals surface area contributed by atoms with Gasteiger partial charge in [-0.15, -0.1) is 0 Å². The number of anilines is 1. The van der Waals surface area contributed by atoms with Crippen molar-refractivity contribution >= 4 is 35.3 Å². The van der Waals surface area contributed by atoms with Crippen LogP contribution < -0.4 is 10.2 Å². The van der Waals surface area contributed by atoms with Gasteiger partial charge in [-0.2, -0.15) is 13.2 Å². The fourth-order valence-electron chi connectivity index (χ4n) is 3.28. The Kier molecular flexibility index (Phi) is 6.65. The van der Waals surface area contributed by atoms with Crippen molar-refractivity contribution in [3.63, 3.8) is 0 Å². The molecule has 1 fully saturated rings. The minimum Gasteiger partial charge on any atom is -0.483 e. The zero-order valence-corrected chi connectivity index (χ0v) is 16.3. The van der Waals surface area contributed by atoms with Gasteiger partial charge in [0.2, 0.25) is 5.95 Å². The molecule has 3 heterocycles. The van der Waals surface area contributed by atoms with Crippen molar-refractivity contribution in [2.75, 3.05) is 11.4 Å². The molecule has 1 aliphatic heterocycles. The minimum atomic E-state index is -4.64. The molecule has 15 heteroatoms. The van der Waals surface area contributed by atoms with E-state index in [2.05, 4.69) is 35.9 Å². The zero-order chi connectivity index (χ0) is 23.3. The van der Waals surface area contributed by atoms with Gasteiger partial charge in [0.15, 0.2) is 0 Å². The summed E-state index contributed by atoms with van der Waals surface area (Å²) in [5.41, 5.74) is -1.07. The number of tetrazole rings is 1. The number of hydrogen-bond acceptors (Lipinski definition) is 7. The molecule has 0 spiro atoms. The molecule has 1 saturated heterocycles. The molecule has 4 rings (SSSR count). The summed E-state index contributed by atoms with van der Waals surface area (Å²) in [5.74, 6) is -1.10. The van der Waals surface area contributed by atoms with Crippen LogP contribution in [0.1, 0.15) is 35.2 Å². The largest absolute Gasteiger partial charge is 0.483 e. The fraction of sp³-hybridized carbons (Fsp3) is 0.353. The molecular weight excluding hydrogens is 437 g/mol. The van der Waals surface area contributed by atoms with E-state index in [9.17, 15) is 22.8 Å². The lowest BCUT2D eigenvalue weighted by atomic mass is 10.1. The normalized spacial score (nSPS) is 16.8. The van der Waals surface area contributed by atoms with Crippen LogP contribution in [0, 0.1) is 0 Å². The molecule has 0 aliphatic carbocycles. The molecule has 0 radical (unpaired) electrons. The van der Waals surface area contributed by atoms with Gasteiger partial charge in [0.25, 0.3) is 18.3 Å². The predicted octanol–water partition coefficient (Wildman–Crippen LogP) is 1.11. The number of carbonyl (C=O) groups is 3. The summed E-state index contributed by atoms with van der Waals surface area (Å²) in [6, 6.07) is 0.676. The summed E-state index contributed by atoms with van der Waals surface area (Å²) in [5, 5.41) is 22.5. The van der Waals surface area contributed by atoms with E-state index in [1.807, 2.05) is 0 Å². The average Bonchev–Trinajstić information content (AvgIpc) is 3.40. The maximum Gasteiger partial charge on any atom is 0.416 e. The van der Waals surface area contributed by atoms with Crippen LogP contribution in [0.25, 0.3) is 11.0 Å². The lowest BCUT2D eigenvalue weighted by Crippen LogP contribution is -2.48.